The highest BCUT2D eigenvalue weighted by Crippen LogP contribution is 2.40. The molecule has 1 atom stereocenters. The summed E-state index contributed by atoms with van der Waals surface area (Å²) in [4.78, 5) is 38.5. The number of nitrogens with zero attached hydrogens (tertiary/aromatic N) is 1. The topological polar surface area (TPSA) is 87.7 Å². The second-order valence-electron chi connectivity index (χ2n) is 6.49. The molecule has 0 radical (unpaired) electrons. The van der Waals surface area contributed by atoms with Gasteiger partial charge in [0.05, 0.1) is 12.3 Å². The van der Waals surface area contributed by atoms with E-state index in [1.54, 1.807) is 24.3 Å². The molecule has 0 saturated carbocycles. The van der Waals surface area contributed by atoms with Gasteiger partial charge >= 0.3 is 6.03 Å². The summed E-state index contributed by atoms with van der Waals surface area (Å²) >= 11 is 0. The molecule has 2 aromatic carbocycles. The van der Waals surface area contributed by atoms with E-state index in [2.05, 4.69) is 10.6 Å². The Hall–Kier alpha value is -3.49. The first-order valence-corrected chi connectivity index (χ1v) is 8.52. The fourth-order valence-electron chi connectivity index (χ4n) is 3.44. The van der Waals surface area contributed by atoms with Crippen LogP contribution in [0.25, 0.3) is 0 Å². The molecule has 9 heteroatoms. The molecule has 0 aromatic heterocycles. The quantitative estimate of drug-likeness (QED) is 0.790. The zero-order valence-electron chi connectivity index (χ0n) is 14.5. The van der Waals surface area contributed by atoms with Crippen LogP contribution in [0.15, 0.2) is 42.5 Å². The van der Waals surface area contributed by atoms with Gasteiger partial charge in [-0.15, -0.1) is 0 Å². The van der Waals surface area contributed by atoms with E-state index in [0.29, 0.717) is 11.3 Å². The molecule has 0 aliphatic carbocycles. The molecular formula is C19H15F2N3O4. The van der Waals surface area contributed by atoms with Gasteiger partial charge in [-0.05, 0) is 18.2 Å². The van der Waals surface area contributed by atoms with Gasteiger partial charge in [0, 0.05) is 18.1 Å². The number of carbonyl (C=O) groups is 3. The summed E-state index contributed by atoms with van der Waals surface area (Å²) in [7, 11) is 0. The van der Waals surface area contributed by atoms with E-state index in [9.17, 15) is 23.2 Å². The standard InChI is InChI=1S/C19H15F2N3O4/c20-11-5-6-13(21)14(9-11)22-16(25)10-24-17(26)19(23-18(24)27)7-8-28-15-4-2-1-3-12(15)19/h1-6,9H,7-8,10H2,(H,22,25)(H,23,27)/t19-/m0/s1. The van der Waals surface area contributed by atoms with Crippen molar-refractivity contribution < 1.29 is 27.9 Å². The second-order valence-corrected chi connectivity index (χ2v) is 6.49. The van der Waals surface area contributed by atoms with E-state index in [0.717, 1.165) is 23.1 Å². The van der Waals surface area contributed by atoms with Crippen molar-refractivity contribution in [2.75, 3.05) is 18.5 Å². The summed E-state index contributed by atoms with van der Waals surface area (Å²) in [5.41, 5.74) is -1.17. The van der Waals surface area contributed by atoms with Crippen molar-refractivity contribution >= 4 is 23.5 Å². The number of anilines is 1. The maximum Gasteiger partial charge on any atom is 0.325 e. The Balaban J connectivity index is 1.56. The summed E-state index contributed by atoms with van der Waals surface area (Å²) in [6.07, 6.45) is 0.214. The number of benzene rings is 2. The molecule has 7 nitrogen and oxygen atoms in total. The van der Waals surface area contributed by atoms with Crippen LogP contribution in [-0.4, -0.2) is 35.9 Å². The van der Waals surface area contributed by atoms with E-state index in [4.69, 9.17) is 4.74 Å². The highest BCUT2D eigenvalue weighted by atomic mass is 19.1. The number of amides is 4. The number of para-hydroxylation sites is 1. The Labute approximate surface area is 158 Å². The maximum atomic E-state index is 13.7. The Bertz CT molecular complexity index is 997. The summed E-state index contributed by atoms with van der Waals surface area (Å²) in [5, 5.41) is 4.84. The number of ether oxygens (including phenoxy) is 1. The van der Waals surface area contributed by atoms with Crippen molar-refractivity contribution in [3.8, 4) is 5.75 Å². The average Bonchev–Trinajstić information content (AvgIpc) is 2.90. The highest BCUT2D eigenvalue weighted by molar-refractivity contribution is 6.10. The smallest absolute Gasteiger partial charge is 0.325 e. The van der Waals surface area contributed by atoms with E-state index in [1.165, 1.54) is 0 Å². The second kappa shape index (κ2) is 6.59. The molecule has 0 unspecified atom stereocenters. The summed E-state index contributed by atoms with van der Waals surface area (Å²) in [6.45, 7) is -0.414. The molecule has 144 valence electrons. The van der Waals surface area contributed by atoms with Gasteiger partial charge in [-0.3, -0.25) is 14.5 Å². The first-order valence-electron chi connectivity index (χ1n) is 8.52. The lowest BCUT2D eigenvalue weighted by molar-refractivity contribution is -0.135. The van der Waals surface area contributed by atoms with Crippen molar-refractivity contribution in [1.82, 2.24) is 10.2 Å². The molecule has 1 spiro atoms. The molecule has 1 saturated heterocycles. The van der Waals surface area contributed by atoms with Crippen molar-refractivity contribution in [1.29, 1.82) is 0 Å². The number of hydrogen-bond donors (Lipinski definition) is 2. The van der Waals surface area contributed by atoms with E-state index in [-0.39, 0.29) is 18.7 Å². The fraction of sp³-hybridized carbons (Fsp3) is 0.211. The highest BCUT2D eigenvalue weighted by Gasteiger charge is 2.55. The minimum absolute atomic E-state index is 0.214. The summed E-state index contributed by atoms with van der Waals surface area (Å²) in [5.74, 6) is -2.50. The molecular weight excluding hydrogens is 372 g/mol. The third-order valence-corrected chi connectivity index (χ3v) is 4.76. The van der Waals surface area contributed by atoms with Crippen molar-refractivity contribution in [2.45, 2.75) is 12.0 Å². The molecule has 2 aliphatic rings. The fourth-order valence-corrected chi connectivity index (χ4v) is 3.44. The van der Waals surface area contributed by atoms with Crippen molar-refractivity contribution in [3.05, 3.63) is 59.7 Å². The average molecular weight is 387 g/mol. The minimum Gasteiger partial charge on any atom is -0.493 e. The monoisotopic (exact) mass is 387 g/mol. The molecule has 2 aromatic rings. The Morgan fingerprint density at radius 3 is 2.82 bits per heavy atom. The molecule has 1 fully saturated rings. The van der Waals surface area contributed by atoms with Gasteiger partial charge in [-0.25, -0.2) is 13.6 Å². The largest absolute Gasteiger partial charge is 0.493 e. The van der Waals surface area contributed by atoms with E-state index < -0.39 is 41.6 Å². The van der Waals surface area contributed by atoms with Crippen LogP contribution in [0.4, 0.5) is 19.3 Å². The molecule has 2 aliphatic heterocycles. The number of rotatable bonds is 3. The third-order valence-electron chi connectivity index (χ3n) is 4.76. The van der Waals surface area contributed by atoms with Gasteiger partial charge in [0.25, 0.3) is 5.91 Å². The van der Waals surface area contributed by atoms with Crippen LogP contribution in [0.1, 0.15) is 12.0 Å². The zero-order valence-corrected chi connectivity index (χ0v) is 14.5. The molecule has 2 heterocycles. The predicted molar refractivity (Wildman–Crippen MR) is 93.5 cm³/mol. The van der Waals surface area contributed by atoms with Gasteiger partial charge < -0.3 is 15.4 Å². The van der Waals surface area contributed by atoms with E-state index in [1.807, 2.05) is 0 Å². The first-order chi connectivity index (χ1) is 13.4. The van der Waals surface area contributed by atoms with Crippen LogP contribution in [-0.2, 0) is 15.1 Å². The van der Waals surface area contributed by atoms with Crippen molar-refractivity contribution in [3.63, 3.8) is 0 Å². The number of hydrogen-bond acceptors (Lipinski definition) is 4. The Morgan fingerprint density at radius 1 is 1.21 bits per heavy atom. The SMILES string of the molecule is O=C(CN1C(=O)N[C@]2(CCOc3ccccc32)C1=O)Nc1cc(F)ccc1F. The van der Waals surface area contributed by atoms with Crippen LogP contribution < -0.4 is 15.4 Å². The van der Waals surface area contributed by atoms with Gasteiger partial charge in [-0.1, -0.05) is 18.2 Å². The van der Waals surface area contributed by atoms with Crippen LogP contribution >= 0.6 is 0 Å². The van der Waals surface area contributed by atoms with E-state index >= 15 is 0 Å². The number of imide groups is 1. The van der Waals surface area contributed by atoms with Crippen molar-refractivity contribution in [2.24, 2.45) is 0 Å². The lowest BCUT2D eigenvalue weighted by Crippen LogP contribution is -2.48. The predicted octanol–water partition coefficient (Wildman–Crippen LogP) is 2.13. The summed E-state index contributed by atoms with van der Waals surface area (Å²) in [6, 6.07) is 8.69. The van der Waals surface area contributed by atoms with Gasteiger partial charge in [0.15, 0.2) is 5.54 Å². The number of carbonyl (C=O) groups excluding carboxylic acids is 3. The molecule has 4 amide bonds. The normalized spacial score (nSPS) is 20.6. The van der Waals surface area contributed by atoms with Gasteiger partial charge in [0.2, 0.25) is 5.91 Å². The molecule has 4 rings (SSSR count). The zero-order chi connectivity index (χ0) is 19.9. The molecule has 2 N–H and O–H groups in total. The molecule has 0 bridgehead atoms. The number of urea groups is 1. The van der Waals surface area contributed by atoms with Crippen LogP contribution in [0.5, 0.6) is 5.75 Å². The lowest BCUT2D eigenvalue weighted by Gasteiger charge is -2.33. The number of fused-ring (bicyclic) bond motifs is 2. The Morgan fingerprint density at radius 2 is 2.00 bits per heavy atom. The minimum atomic E-state index is -1.31. The molecule has 28 heavy (non-hydrogen) atoms. The lowest BCUT2D eigenvalue weighted by atomic mass is 9.84. The number of nitrogens with one attached hydrogen (secondary N) is 2. The first kappa shape index (κ1) is 17.9. The third kappa shape index (κ3) is 2.84. The number of halogens is 2. The Kier molecular flexibility index (Phi) is 4.21. The summed E-state index contributed by atoms with van der Waals surface area (Å²) < 4.78 is 32.5. The van der Waals surface area contributed by atoms with Gasteiger partial charge in [0.1, 0.15) is 23.9 Å². The van der Waals surface area contributed by atoms with Crippen LogP contribution in [0.2, 0.25) is 0 Å². The van der Waals surface area contributed by atoms with Gasteiger partial charge in [-0.2, -0.15) is 0 Å². The maximum absolute atomic E-state index is 13.7. The van der Waals surface area contributed by atoms with Crippen LogP contribution in [0, 0.1) is 11.6 Å². The van der Waals surface area contributed by atoms with Crippen LogP contribution in [0.3, 0.4) is 0 Å².